The van der Waals surface area contributed by atoms with Gasteiger partial charge in [0.15, 0.2) is 9.84 Å². The first-order valence-electron chi connectivity index (χ1n) is 9.71. The smallest absolute Gasteiger partial charge is 0.251 e. The van der Waals surface area contributed by atoms with E-state index in [1.165, 1.54) is 24.3 Å². The molecule has 0 aliphatic rings. The van der Waals surface area contributed by atoms with Crippen LogP contribution < -0.4 is 10.1 Å². The van der Waals surface area contributed by atoms with Crippen LogP contribution in [0.2, 0.25) is 0 Å². The van der Waals surface area contributed by atoms with Crippen molar-refractivity contribution in [2.24, 2.45) is 0 Å². The number of ether oxygens (including phenoxy) is 1. The van der Waals surface area contributed by atoms with Crippen LogP contribution in [0.1, 0.15) is 29.8 Å². The summed E-state index contributed by atoms with van der Waals surface area (Å²) >= 11 is 0. The van der Waals surface area contributed by atoms with E-state index in [9.17, 15) is 17.6 Å². The summed E-state index contributed by atoms with van der Waals surface area (Å²) in [5, 5.41) is 2.70. The maximum atomic E-state index is 13.0. The zero-order valence-electron chi connectivity index (χ0n) is 17.6. The molecule has 0 saturated carbocycles. The molecule has 0 bridgehead atoms. The van der Waals surface area contributed by atoms with E-state index in [0.717, 1.165) is 5.56 Å². The van der Waals surface area contributed by atoms with E-state index in [0.29, 0.717) is 17.1 Å². The van der Waals surface area contributed by atoms with E-state index >= 15 is 0 Å². The van der Waals surface area contributed by atoms with Crippen LogP contribution in [-0.2, 0) is 9.84 Å². The lowest BCUT2D eigenvalue weighted by Crippen LogP contribution is -2.44. The zero-order chi connectivity index (χ0) is 22.6. The summed E-state index contributed by atoms with van der Waals surface area (Å²) in [4.78, 5) is 12.8. The number of hydrogen-bond acceptors (Lipinski definition) is 4. The van der Waals surface area contributed by atoms with Gasteiger partial charge in [-0.25, -0.2) is 12.8 Å². The molecule has 0 unspecified atom stereocenters. The lowest BCUT2D eigenvalue weighted by atomic mass is 10.1. The van der Waals surface area contributed by atoms with Crippen LogP contribution >= 0.6 is 0 Å². The second-order valence-electron chi connectivity index (χ2n) is 7.84. The van der Waals surface area contributed by atoms with Crippen LogP contribution in [0.25, 0.3) is 0 Å². The SMILES string of the molecule is Cc1cccc(S(=O)(=O)C(C)(C)CNC(=O)c2ccc(Oc3ccc(F)cc3)cc2)c1. The third-order valence-corrected chi connectivity index (χ3v) is 7.34. The van der Waals surface area contributed by atoms with Crippen LogP contribution in [0.15, 0.2) is 77.7 Å². The van der Waals surface area contributed by atoms with Crippen molar-refractivity contribution in [3.8, 4) is 11.5 Å². The number of halogens is 1. The fraction of sp³-hybridized carbons (Fsp3) is 0.208. The van der Waals surface area contributed by atoms with Crippen LogP contribution in [-0.4, -0.2) is 25.6 Å². The summed E-state index contributed by atoms with van der Waals surface area (Å²) in [6.45, 7) is 4.96. The zero-order valence-corrected chi connectivity index (χ0v) is 18.4. The van der Waals surface area contributed by atoms with E-state index in [2.05, 4.69) is 5.32 Å². The average Bonchev–Trinajstić information content (AvgIpc) is 2.74. The fourth-order valence-electron chi connectivity index (χ4n) is 2.90. The topological polar surface area (TPSA) is 72.5 Å². The standard InChI is InChI=1S/C24H24FNO4S/c1-17-5-4-6-22(15-17)31(28,29)24(2,3)16-26-23(27)18-7-11-20(12-8-18)30-21-13-9-19(25)10-14-21/h4-15H,16H2,1-3H3,(H,26,27). The third-order valence-electron chi connectivity index (χ3n) is 4.87. The Morgan fingerprint density at radius 1 is 0.968 bits per heavy atom. The largest absolute Gasteiger partial charge is 0.457 e. The lowest BCUT2D eigenvalue weighted by molar-refractivity contribution is 0.0950. The molecule has 5 nitrogen and oxygen atoms in total. The Morgan fingerprint density at radius 2 is 1.55 bits per heavy atom. The Balaban J connectivity index is 1.65. The molecule has 1 amide bonds. The minimum atomic E-state index is -3.64. The Labute approximate surface area is 181 Å². The van der Waals surface area contributed by atoms with Gasteiger partial charge in [-0.15, -0.1) is 0 Å². The normalized spacial score (nSPS) is 11.7. The minimum Gasteiger partial charge on any atom is -0.457 e. The highest BCUT2D eigenvalue weighted by molar-refractivity contribution is 7.92. The number of nitrogens with one attached hydrogen (secondary N) is 1. The first-order valence-corrected chi connectivity index (χ1v) is 11.2. The van der Waals surface area contributed by atoms with Gasteiger partial charge in [-0.05, 0) is 87.0 Å². The van der Waals surface area contributed by atoms with Crippen molar-refractivity contribution in [1.29, 1.82) is 0 Å². The number of aryl methyl sites for hydroxylation is 1. The molecule has 0 saturated heterocycles. The van der Waals surface area contributed by atoms with E-state index in [1.54, 1.807) is 56.3 Å². The number of hydrogen-bond donors (Lipinski definition) is 1. The molecule has 0 spiro atoms. The van der Waals surface area contributed by atoms with Crippen LogP contribution in [0.3, 0.4) is 0 Å². The maximum Gasteiger partial charge on any atom is 0.251 e. The third kappa shape index (κ3) is 5.30. The maximum absolute atomic E-state index is 13.0. The van der Waals surface area contributed by atoms with Crippen molar-refractivity contribution >= 4 is 15.7 Å². The number of benzene rings is 3. The average molecular weight is 442 g/mol. The number of carbonyl (C=O) groups is 1. The van der Waals surface area contributed by atoms with Crippen molar-refractivity contribution in [2.45, 2.75) is 30.4 Å². The fourth-order valence-corrected chi connectivity index (χ4v) is 4.40. The molecule has 0 aliphatic carbocycles. The first-order chi connectivity index (χ1) is 14.6. The molecule has 3 rings (SSSR count). The predicted molar refractivity (Wildman–Crippen MR) is 118 cm³/mol. The Kier molecular flexibility index (Phi) is 6.45. The van der Waals surface area contributed by atoms with Crippen molar-refractivity contribution in [2.75, 3.05) is 6.54 Å². The van der Waals surface area contributed by atoms with E-state index < -0.39 is 14.6 Å². The van der Waals surface area contributed by atoms with Crippen LogP contribution in [0, 0.1) is 12.7 Å². The number of sulfone groups is 1. The number of amides is 1. The van der Waals surface area contributed by atoms with Gasteiger partial charge in [-0.2, -0.15) is 0 Å². The molecule has 0 heterocycles. The molecular weight excluding hydrogens is 417 g/mol. The Morgan fingerprint density at radius 3 is 2.13 bits per heavy atom. The van der Waals surface area contributed by atoms with Crippen molar-refractivity contribution in [1.82, 2.24) is 5.32 Å². The summed E-state index contributed by atoms with van der Waals surface area (Å²) in [5.74, 6) is 0.222. The van der Waals surface area contributed by atoms with Gasteiger partial charge in [-0.3, -0.25) is 4.79 Å². The van der Waals surface area contributed by atoms with Crippen LogP contribution in [0.4, 0.5) is 4.39 Å². The Bertz CT molecular complexity index is 1170. The van der Waals surface area contributed by atoms with E-state index in [1.807, 2.05) is 13.0 Å². The Hall–Kier alpha value is -3.19. The first kappa shape index (κ1) is 22.5. The molecule has 3 aromatic rings. The van der Waals surface area contributed by atoms with Gasteiger partial charge in [0.25, 0.3) is 5.91 Å². The molecule has 7 heteroatoms. The van der Waals surface area contributed by atoms with E-state index in [-0.39, 0.29) is 23.2 Å². The molecule has 0 aliphatic heterocycles. The molecule has 3 aromatic carbocycles. The molecule has 162 valence electrons. The van der Waals surface area contributed by atoms with Crippen molar-refractivity contribution in [3.05, 3.63) is 89.7 Å². The monoisotopic (exact) mass is 441 g/mol. The molecule has 0 atom stereocenters. The molecule has 31 heavy (non-hydrogen) atoms. The van der Waals surface area contributed by atoms with Crippen molar-refractivity contribution < 1.29 is 22.3 Å². The minimum absolute atomic E-state index is 0.0457. The summed E-state index contributed by atoms with van der Waals surface area (Å²) in [6.07, 6.45) is 0. The second-order valence-corrected chi connectivity index (χ2v) is 10.4. The van der Waals surface area contributed by atoms with E-state index in [4.69, 9.17) is 4.74 Å². The molecule has 0 fully saturated rings. The molecular formula is C24H24FNO4S. The highest BCUT2D eigenvalue weighted by atomic mass is 32.2. The second kappa shape index (κ2) is 8.89. The van der Waals surface area contributed by atoms with Gasteiger partial charge >= 0.3 is 0 Å². The highest BCUT2D eigenvalue weighted by Gasteiger charge is 2.36. The molecule has 0 radical (unpaired) electrons. The number of rotatable bonds is 7. The van der Waals surface area contributed by atoms with Gasteiger partial charge in [0.1, 0.15) is 17.3 Å². The van der Waals surface area contributed by atoms with Gasteiger partial charge in [0.05, 0.1) is 9.64 Å². The summed E-state index contributed by atoms with van der Waals surface area (Å²) < 4.78 is 43.4. The quantitative estimate of drug-likeness (QED) is 0.566. The van der Waals surface area contributed by atoms with Crippen LogP contribution in [0.5, 0.6) is 11.5 Å². The summed E-state index contributed by atoms with van der Waals surface area (Å²) in [7, 11) is -3.64. The summed E-state index contributed by atoms with van der Waals surface area (Å²) in [5.41, 5.74) is 1.22. The van der Waals surface area contributed by atoms with Crippen molar-refractivity contribution in [3.63, 3.8) is 0 Å². The lowest BCUT2D eigenvalue weighted by Gasteiger charge is -2.25. The van der Waals surface area contributed by atoms with Gasteiger partial charge < -0.3 is 10.1 Å². The number of carbonyl (C=O) groups excluding carboxylic acids is 1. The molecule has 1 N–H and O–H groups in total. The summed E-state index contributed by atoms with van der Waals surface area (Å²) in [6, 6.07) is 18.7. The molecule has 0 aromatic heterocycles. The van der Waals surface area contributed by atoms with Gasteiger partial charge in [-0.1, -0.05) is 12.1 Å². The van der Waals surface area contributed by atoms with Gasteiger partial charge in [0.2, 0.25) is 0 Å². The predicted octanol–water partition coefficient (Wildman–Crippen LogP) is 4.91. The highest BCUT2D eigenvalue weighted by Crippen LogP contribution is 2.26. The van der Waals surface area contributed by atoms with Gasteiger partial charge in [0, 0.05) is 12.1 Å².